The van der Waals surface area contributed by atoms with E-state index < -0.39 is 0 Å². The third-order valence-electron chi connectivity index (χ3n) is 4.38. The number of pyridine rings is 1. The number of aromatic nitrogens is 1. The lowest BCUT2D eigenvalue weighted by atomic mass is 9.74. The van der Waals surface area contributed by atoms with Crippen LogP contribution in [0.5, 0.6) is 0 Å². The lowest BCUT2D eigenvalue weighted by Crippen LogP contribution is -2.53. The molecule has 106 valence electrons. The smallest absolute Gasteiger partial charge is 0.0836 e. The monoisotopic (exact) mass is 262 g/mol. The molecular weight excluding hydrogens is 236 g/mol. The zero-order valence-electron chi connectivity index (χ0n) is 12.1. The van der Waals surface area contributed by atoms with Crippen molar-refractivity contribution in [1.29, 1.82) is 0 Å². The minimum absolute atomic E-state index is 0.0369. The zero-order chi connectivity index (χ0) is 13.7. The molecular formula is C16H26N2O. The van der Waals surface area contributed by atoms with Crippen molar-refractivity contribution in [2.24, 2.45) is 11.7 Å². The average molecular weight is 262 g/mol. The van der Waals surface area contributed by atoms with Gasteiger partial charge in [-0.2, -0.15) is 0 Å². The fraction of sp³-hybridized carbons (Fsp3) is 0.688. The van der Waals surface area contributed by atoms with Crippen LogP contribution >= 0.6 is 0 Å². The molecule has 0 aromatic carbocycles. The summed E-state index contributed by atoms with van der Waals surface area (Å²) in [4.78, 5) is 4.38. The van der Waals surface area contributed by atoms with Gasteiger partial charge in [0.25, 0.3) is 0 Å². The van der Waals surface area contributed by atoms with Crippen molar-refractivity contribution in [2.45, 2.75) is 57.6 Å². The van der Waals surface area contributed by atoms with Crippen molar-refractivity contribution >= 4 is 0 Å². The van der Waals surface area contributed by atoms with Crippen LogP contribution in [0.25, 0.3) is 0 Å². The molecule has 0 bridgehead atoms. The van der Waals surface area contributed by atoms with E-state index in [-0.39, 0.29) is 11.6 Å². The van der Waals surface area contributed by atoms with E-state index in [4.69, 9.17) is 10.5 Å². The van der Waals surface area contributed by atoms with Crippen LogP contribution in [-0.4, -0.2) is 23.2 Å². The summed E-state index contributed by atoms with van der Waals surface area (Å²) in [6.07, 6.45) is 7.23. The Morgan fingerprint density at radius 1 is 1.42 bits per heavy atom. The predicted molar refractivity (Wildman–Crippen MR) is 77.9 cm³/mol. The molecule has 1 aliphatic carbocycles. The van der Waals surface area contributed by atoms with Gasteiger partial charge in [-0.25, -0.2) is 0 Å². The molecule has 2 rings (SSSR count). The normalized spacial score (nSPS) is 29.1. The molecule has 0 radical (unpaired) electrons. The number of rotatable bonds is 5. The van der Waals surface area contributed by atoms with E-state index in [0.29, 0.717) is 0 Å². The summed E-state index contributed by atoms with van der Waals surface area (Å²) >= 11 is 0. The Morgan fingerprint density at radius 2 is 2.16 bits per heavy atom. The number of nitrogens with zero attached hydrogens (tertiary/aromatic N) is 1. The molecule has 3 heteroatoms. The van der Waals surface area contributed by atoms with Gasteiger partial charge in [-0.05, 0) is 50.7 Å². The van der Waals surface area contributed by atoms with Gasteiger partial charge >= 0.3 is 0 Å². The molecule has 0 spiro atoms. The van der Waals surface area contributed by atoms with Crippen molar-refractivity contribution in [3.05, 3.63) is 30.1 Å². The Bertz CT molecular complexity index is 372. The van der Waals surface area contributed by atoms with E-state index >= 15 is 0 Å². The average Bonchev–Trinajstić information content (AvgIpc) is 2.43. The molecule has 1 aliphatic rings. The first-order valence-electron chi connectivity index (χ1n) is 7.46. The third-order valence-corrected chi connectivity index (χ3v) is 4.38. The number of nitrogens with two attached hydrogens (primary N) is 1. The molecule has 0 aliphatic heterocycles. The first kappa shape index (κ1) is 14.5. The van der Waals surface area contributed by atoms with Gasteiger partial charge in [0.05, 0.1) is 5.60 Å². The second-order valence-electron chi connectivity index (χ2n) is 5.81. The van der Waals surface area contributed by atoms with Crippen LogP contribution in [0.1, 0.15) is 45.2 Å². The Kier molecular flexibility index (Phi) is 4.94. The van der Waals surface area contributed by atoms with E-state index in [0.717, 1.165) is 37.5 Å². The van der Waals surface area contributed by atoms with Crippen LogP contribution in [0.4, 0.5) is 0 Å². The van der Waals surface area contributed by atoms with Crippen molar-refractivity contribution in [3.63, 3.8) is 0 Å². The van der Waals surface area contributed by atoms with Crippen molar-refractivity contribution in [3.8, 4) is 0 Å². The topological polar surface area (TPSA) is 48.1 Å². The fourth-order valence-corrected chi connectivity index (χ4v) is 3.09. The van der Waals surface area contributed by atoms with E-state index in [1.54, 1.807) is 0 Å². The van der Waals surface area contributed by atoms with Crippen LogP contribution in [0.3, 0.4) is 0 Å². The van der Waals surface area contributed by atoms with E-state index in [9.17, 15) is 0 Å². The summed E-state index contributed by atoms with van der Waals surface area (Å²) in [6, 6.07) is 6.04. The molecule has 1 fully saturated rings. The second kappa shape index (κ2) is 6.49. The molecule has 3 nitrogen and oxygen atoms in total. The number of ether oxygens (including phenoxy) is 1. The molecule has 19 heavy (non-hydrogen) atoms. The van der Waals surface area contributed by atoms with Gasteiger partial charge < -0.3 is 10.5 Å². The summed E-state index contributed by atoms with van der Waals surface area (Å²) < 4.78 is 6.10. The largest absolute Gasteiger partial charge is 0.374 e. The highest BCUT2D eigenvalue weighted by Gasteiger charge is 2.40. The van der Waals surface area contributed by atoms with Crippen LogP contribution in [-0.2, 0) is 11.2 Å². The number of hydrogen-bond acceptors (Lipinski definition) is 3. The maximum atomic E-state index is 6.48. The van der Waals surface area contributed by atoms with Crippen LogP contribution in [0.2, 0.25) is 0 Å². The quantitative estimate of drug-likeness (QED) is 0.887. The van der Waals surface area contributed by atoms with Gasteiger partial charge in [-0.15, -0.1) is 0 Å². The predicted octanol–water partition coefficient (Wildman–Crippen LogP) is 2.94. The molecule has 0 amide bonds. The Labute approximate surface area is 116 Å². The molecule has 1 heterocycles. The lowest BCUT2D eigenvalue weighted by Gasteiger charge is -2.43. The first-order chi connectivity index (χ1) is 9.16. The summed E-state index contributed by atoms with van der Waals surface area (Å²) in [7, 11) is 0. The summed E-state index contributed by atoms with van der Waals surface area (Å²) in [5, 5.41) is 0. The molecule has 0 saturated heterocycles. The van der Waals surface area contributed by atoms with Gasteiger partial charge in [0.15, 0.2) is 0 Å². The lowest BCUT2D eigenvalue weighted by molar-refractivity contribution is -0.0885. The molecule has 1 aromatic heterocycles. The standard InChI is InChI=1S/C16H26N2O/c1-3-19-16(9-7-13(2)8-10-16)15(17)12-14-6-4-5-11-18-14/h4-6,11,13,15H,3,7-10,12,17H2,1-2H3. The van der Waals surface area contributed by atoms with Crippen LogP contribution < -0.4 is 5.73 Å². The minimum atomic E-state index is -0.140. The van der Waals surface area contributed by atoms with Crippen molar-refractivity contribution < 1.29 is 4.74 Å². The first-order valence-corrected chi connectivity index (χ1v) is 7.46. The SMILES string of the molecule is CCOC1(C(N)Cc2ccccn2)CCC(C)CC1. The number of hydrogen-bond donors (Lipinski definition) is 1. The highest BCUT2D eigenvalue weighted by molar-refractivity contribution is 5.08. The summed E-state index contributed by atoms with van der Waals surface area (Å²) in [5.41, 5.74) is 7.40. The van der Waals surface area contributed by atoms with E-state index in [1.165, 1.54) is 12.8 Å². The molecule has 2 N–H and O–H groups in total. The summed E-state index contributed by atoms with van der Waals surface area (Å²) in [6.45, 7) is 5.12. The molecule has 1 aromatic rings. The van der Waals surface area contributed by atoms with Gasteiger partial charge in [0, 0.05) is 31.0 Å². The van der Waals surface area contributed by atoms with E-state index in [2.05, 4.69) is 18.8 Å². The minimum Gasteiger partial charge on any atom is -0.374 e. The zero-order valence-corrected chi connectivity index (χ0v) is 12.1. The Balaban J connectivity index is 2.06. The van der Waals surface area contributed by atoms with Crippen LogP contribution in [0, 0.1) is 5.92 Å². The Hall–Kier alpha value is -0.930. The third kappa shape index (κ3) is 3.54. The van der Waals surface area contributed by atoms with Crippen molar-refractivity contribution in [1.82, 2.24) is 4.98 Å². The van der Waals surface area contributed by atoms with Gasteiger partial charge in [0.2, 0.25) is 0 Å². The maximum absolute atomic E-state index is 6.48. The highest BCUT2D eigenvalue weighted by atomic mass is 16.5. The van der Waals surface area contributed by atoms with E-state index in [1.807, 2.05) is 24.4 Å². The Morgan fingerprint density at radius 3 is 2.74 bits per heavy atom. The molecule has 1 atom stereocenters. The van der Waals surface area contributed by atoms with Gasteiger partial charge in [-0.3, -0.25) is 4.98 Å². The fourth-order valence-electron chi connectivity index (χ4n) is 3.09. The van der Waals surface area contributed by atoms with Gasteiger partial charge in [-0.1, -0.05) is 13.0 Å². The molecule has 1 unspecified atom stereocenters. The maximum Gasteiger partial charge on any atom is 0.0836 e. The van der Waals surface area contributed by atoms with Crippen LogP contribution in [0.15, 0.2) is 24.4 Å². The second-order valence-corrected chi connectivity index (χ2v) is 5.81. The molecule has 1 saturated carbocycles. The highest BCUT2D eigenvalue weighted by Crippen LogP contribution is 2.37. The summed E-state index contributed by atoms with van der Waals surface area (Å²) in [5.74, 6) is 0.802. The van der Waals surface area contributed by atoms with Gasteiger partial charge in [0.1, 0.15) is 0 Å². The van der Waals surface area contributed by atoms with Crippen molar-refractivity contribution in [2.75, 3.05) is 6.61 Å².